The van der Waals surface area contributed by atoms with E-state index in [0.29, 0.717) is 0 Å². The zero-order valence-electron chi connectivity index (χ0n) is 32.4. The molecule has 4 saturated heterocycles. The minimum absolute atomic E-state index is 0.0251. The summed E-state index contributed by atoms with van der Waals surface area (Å²) in [5, 5.41) is 139. The molecule has 28 heteroatoms. The second kappa shape index (κ2) is 21.2. The van der Waals surface area contributed by atoms with Gasteiger partial charge in [-0.2, -0.15) is 0 Å². The van der Waals surface area contributed by atoms with Crippen LogP contribution in [0.5, 0.6) is 0 Å². The lowest BCUT2D eigenvalue weighted by molar-refractivity contribution is -0.392. The Balaban J connectivity index is 1.82. The quantitative estimate of drug-likeness (QED) is 0.0535. The highest BCUT2D eigenvalue weighted by Crippen LogP contribution is 2.42. The first kappa shape index (κ1) is 50.7. The molecule has 0 aliphatic carbocycles. The number of carboxylic acids is 3. The topological polar surface area (TPSA) is 469 Å². The van der Waals surface area contributed by atoms with Gasteiger partial charge in [-0.25, -0.2) is 14.4 Å². The van der Waals surface area contributed by atoms with E-state index in [0.717, 1.165) is 6.92 Å². The molecule has 0 aromatic carbocycles. The third-order valence-electron chi connectivity index (χ3n) is 10.6. The number of hydrogen-bond donors (Lipinski definition) is 16. The van der Waals surface area contributed by atoms with Crippen molar-refractivity contribution in [3.63, 3.8) is 0 Å². The second-order valence-electron chi connectivity index (χ2n) is 14.9. The third kappa shape index (κ3) is 10.9. The largest absolute Gasteiger partial charge is 0.479 e. The van der Waals surface area contributed by atoms with Crippen LogP contribution < -0.4 is 16.8 Å². The summed E-state index contributed by atoms with van der Waals surface area (Å²) in [5.41, 5.74) is 11.5. The van der Waals surface area contributed by atoms with E-state index in [9.17, 15) is 85.6 Å². The number of aliphatic hydroxyl groups is 10. The van der Waals surface area contributed by atoms with Crippen LogP contribution in [0.15, 0.2) is 0 Å². The van der Waals surface area contributed by atoms with Crippen molar-refractivity contribution in [3.05, 3.63) is 0 Å². The molecule has 0 saturated carbocycles. The van der Waals surface area contributed by atoms with Gasteiger partial charge in [-0.15, -0.1) is 0 Å². The zero-order valence-corrected chi connectivity index (χ0v) is 32.4. The van der Waals surface area contributed by atoms with Gasteiger partial charge >= 0.3 is 17.9 Å². The Bertz CT molecular complexity index is 1500. The SMILES string of the molecule is CC(=O)N[C@H]1[C@@H](O[C@@H]2C[C@](O[C@H]3[C@@H]([C@H](O)CO)O[C@@](OCCCN)(C(=O)O)C[C@H]3O)(C(=O)O)O[C@H]([C@@H](CO)O[C@@H]3O[C@H](CO)[C@@H](O)[C@H](O)[C@H]3N)[C@@H]2O)O[C@H](C(=O)O)[C@@H](O)[C@@H]1O. The predicted molar refractivity (Wildman–Crippen MR) is 188 cm³/mol. The van der Waals surface area contributed by atoms with Crippen LogP contribution in [-0.4, -0.2) is 245 Å². The average Bonchev–Trinajstić information content (AvgIpc) is 3.20. The van der Waals surface area contributed by atoms with E-state index in [-0.39, 0.29) is 19.6 Å². The molecule has 4 fully saturated rings. The van der Waals surface area contributed by atoms with E-state index in [1.54, 1.807) is 0 Å². The maximum atomic E-state index is 13.4. The van der Waals surface area contributed by atoms with Gasteiger partial charge < -0.3 is 121 Å². The van der Waals surface area contributed by atoms with Crippen molar-refractivity contribution in [1.29, 1.82) is 0 Å². The molecule has 0 aromatic rings. The molecule has 4 rings (SSSR count). The van der Waals surface area contributed by atoms with Gasteiger partial charge in [0.2, 0.25) is 5.91 Å². The highest BCUT2D eigenvalue weighted by molar-refractivity contribution is 5.77. The van der Waals surface area contributed by atoms with Crippen LogP contribution >= 0.6 is 0 Å². The summed E-state index contributed by atoms with van der Waals surface area (Å²) in [6, 6.07) is -3.48. The Morgan fingerprint density at radius 3 is 2.00 bits per heavy atom. The van der Waals surface area contributed by atoms with Crippen LogP contribution in [0.1, 0.15) is 26.2 Å². The van der Waals surface area contributed by atoms with Gasteiger partial charge in [0.25, 0.3) is 11.6 Å². The first-order chi connectivity index (χ1) is 28.6. The summed E-state index contributed by atoms with van der Waals surface area (Å²) in [5.74, 6) is -12.7. The van der Waals surface area contributed by atoms with Crippen LogP contribution in [0, 0.1) is 0 Å². The number of ether oxygens (including phenoxy) is 8. The van der Waals surface area contributed by atoms with Crippen molar-refractivity contribution < 1.29 is 123 Å². The number of carbonyl (C=O) groups excluding carboxylic acids is 1. The first-order valence-corrected chi connectivity index (χ1v) is 18.9. The fourth-order valence-electron chi connectivity index (χ4n) is 7.31. The monoisotopic (exact) mass is 893 g/mol. The molecule has 4 heterocycles. The Labute approximate surface area is 345 Å². The predicted octanol–water partition coefficient (Wildman–Crippen LogP) is -9.48. The van der Waals surface area contributed by atoms with Gasteiger partial charge in [-0.3, -0.25) is 4.79 Å². The molecule has 4 aliphatic rings. The van der Waals surface area contributed by atoms with E-state index < -0.39 is 178 Å². The van der Waals surface area contributed by atoms with Crippen molar-refractivity contribution in [2.75, 3.05) is 33.0 Å². The number of hydrogen-bond acceptors (Lipinski definition) is 24. The lowest BCUT2D eigenvalue weighted by Gasteiger charge is -2.52. The fraction of sp³-hybridized carbons (Fsp3) is 0.879. The lowest BCUT2D eigenvalue weighted by atomic mass is 9.89. The summed E-state index contributed by atoms with van der Waals surface area (Å²) in [7, 11) is 0. The van der Waals surface area contributed by atoms with E-state index in [2.05, 4.69) is 5.32 Å². The molecule has 18 N–H and O–H groups in total. The van der Waals surface area contributed by atoms with Gasteiger partial charge in [0.15, 0.2) is 18.7 Å². The van der Waals surface area contributed by atoms with Crippen LogP contribution in [0.25, 0.3) is 0 Å². The summed E-state index contributed by atoms with van der Waals surface area (Å²) in [4.78, 5) is 50.1. The molecular weight excluding hydrogens is 838 g/mol. The Kier molecular flexibility index (Phi) is 17.6. The minimum Gasteiger partial charge on any atom is -0.479 e. The molecule has 20 atom stereocenters. The molecule has 4 aliphatic heterocycles. The van der Waals surface area contributed by atoms with Crippen molar-refractivity contribution in [3.8, 4) is 0 Å². The van der Waals surface area contributed by atoms with Crippen LogP contribution in [-0.2, 0) is 57.1 Å². The molecule has 28 nitrogen and oxygen atoms in total. The van der Waals surface area contributed by atoms with Gasteiger partial charge in [0, 0.05) is 19.8 Å². The van der Waals surface area contributed by atoms with E-state index in [1.165, 1.54) is 0 Å². The van der Waals surface area contributed by atoms with Crippen molar-refractivity contribution >= 4 is 23.8 Å². The highest BCUT2D eigenvalue weighted by atomic mass is 16.8. The first-order valence-electron chi connectivity index (χ1n) is 18.9. The summed E-state index contributed by atoms with van der Waals surface area (Å²) in [6.45, 7) is -2.71. The molecule has 0 spiro atoms. The van der Waals surface area contributed by atoms with Crippen molar-refractivity contribution in [1.82, 2.24) is 5.32 Å². The Hall–Kier alpha value is -2.92. The molecule has 1 amide bonds. The van der Waals surface area contributed by atoms with Crippen molar-refractivity contribution in [2.24, 2.45) is 11.5 Å². The number of aliphatic carboxylic acids is 3. The van der Waals surface area contributed by atoms with E-state index in [4.69, 9.17) is 49.4 Å². The molecule has 61 heavy (non-hydrogen) atoms. The Morgan fingerprint density at radius 1 is 0.820 bits per heavy atom. The van der Waals surface area contributed by atoms with Gasteiger partial charge in [0.05, 0.1) is 44.7 Å². The highest BCUT2D eigenvalue weighted by Gasteiger charge is 2.63. The van der Waals surface area contributed by atoms with Crippen LogP contribution in [0.4, 0.5) is 0 Å². The number of rotatable bonds is 19. The molecule has 0 radical (unpaired) electrons. The molecule has 0 unspecified atom stereocenters. The number of nitrogens with two attached hydrogens (primary N) is 2. The number of amides is 1. The van der Waals surface area contributed by atoms with Crippen LogP contribution in [0.3, 0.4) is 0 Å². The summed E-state index contributed by atoms with van der Waals surface area (Å²) >= 11 is 0. The number of carboxylic acid groups (broad SMARTS) is 3. The van der Waals surface area contributed by atoms with Gasteiger partial charge in [-0.05, 0) is 13.0 Å². The third-order valence-corrected chi connectivity index (χ3v) is 10.6. The maximum Gasteiger partial charge on any atom is 0.364 e. The van der Waals surface area contributed by atoms with Crippen LogP contribution in [0.2, 0.25) is 0 Å². The average molecular weight is 894 g/mol. The molecule has 0 bridgehead atoms. The smallest absolute Gasteiger partial charge is 0.364 e. The number of aliphatic hydroxyl groups excluding tert-OH is 10. The lowest BCUT2D eigenvalue weighted by Crippen LogP contribution is -2.70. The van der Waals surface area contributed by atoms with Gasteiger partial charge in [-0.1, -0.05) is 0 Å². The maximum absolute atomic E-state index is 13.4. The van der Waals surface area contributed by atoms with Crippen molar-refractivity contribution in [2.45, 2.75) is 148 Å². The molecule has 352 valence electrons. The summed E-state index contributed by atoms with van der Waals surface area (Å²) < 4.78 is 45.1. The standard InChI is InChI=1S/C33H55N3O25/c1-10(40)36-17-21(46)22(47)26(27(48)49)58-29(17)55-13-6-33(31(52)53,60-23-11(41)5-32(30(50)51,54-4-2-3-34)59-24(23)12(42)7-37)61-25(19(13)44)15(9-39)57-28-16(35)20(45)18(43)14(8-38)56-28/h11-26,28-29,37-39,41-47H,2-9,34-35H2,1H3,(H,36,40)(H,48,49)(H,50,51)(H,52,53)/t11-,12-,13-,14-,15-,16-,17-,18-,19-,20-,21-,22+,23-,24-,25-,26+,28+,29+,32-,33-/m1/s1. The van der Waals surface area contributed by atoms with E-state index in [1.807, 2.05) is 0 Å². The molecule has 0 aromatic heterocycles. The normalized spacial score (nSPS) is 42.9. The minimum atomic E-state index is -3.31. The zero-order chi connectivity index (χ0) is 45.7. The fourth-order valence-corrected chi connectivity index (χ4v) is 7.31. The number of nitrogens with one attached hydrogen (secondary N) is 1. The number of carbonyl (C=O) groups is 4. The van der Waals surface area contributed by atoms with E-state index >= 15 is 0 Å². The molecular formula is C33H55N3O25. The second-order valence-corrected chi connectivity index (χ2v) is 14.9. The Morgan fingerprint density at radius 2 is 1.46 bits per heavy atom. The van der Waals surface area contributed by atoms with Gasteiger partial charge in [0.1, 0.15) is 73.2 Å². The summed E-state index contributed by atoms with van der Waals surface area (Å²) in [6.07, 6.45) is -35.2.